The van der Waals surface area contributed by atoms with Crippen molar-refractivity contribution in [2.75, 3.05) is 5.32 Å². The van der Waals surface area contributed by atoms with Crippen LogP contribution in [0.1, 0.15) is 11.3 Å². The van der Waals surface area contributed by atoms with Crippen molar-refractivity contribution in [3.63, 3.8) is 0 Å². The van der Waals surface area contributed by atoms with Gasteiger partial charge in [-0.3, -0.25) is 4.98 Å². The van der Waals surface area contributed by atoms with Gasteiger partial charge in [0.2, 0.25) is 0 Å². The molecule has 0 saturated carbocycles. The first-order valence-electron chi connectivity index (χ1n) is 7.08. The van der Waals surface area contributed by atoms with Gasteiger partial charge in [0.15, 0.2) is 0 Å². The maximum absolute atomic E-state index is 12.1. The topological polar surface area (TPSA) is 70.8 Å². The van der Waals surface area contributed by atoms with Gasteiger partial charge < -0.3 is 10.1 Å². The predicted molar refractivity (Wildman–Crippen MR) is 84.7 cm³/mol. The van der Waals surface area contributed by atoms with Crippen LogP contribution in [-0.4, -0.2) is 16.6 Å². The average Bonchev–Trinajstić information content (AvgIpc) is 2.60. The number of halogens is 2. The number of alkyl halides is 2. The second-order valence-electron chi connectivity index (χ2n) is 4.93. The standard InChI is InChI=1S/C17H12F2N4O/c18-17(19)24-14-4-3-13(21-10-14)9-22-16-6-2-12-7-11(8-20)1-5-15(12)23-16/h1-7,10,17H,9H2,(H,22,23). The Balaban J connectivity index is 1.68. The van der Waals surface area contributed by atoms with Gasteiger partial charge in [-0.1, -0.05) is 0 Å². The van der Waals surface area contributed by atoms with Crippen LogP contribution in [0, 0.1) is 11.3 Å². The van der Waals surface area contributed by atoms with Crippen molar-refractivity contribution in [1.29, 1.82) is 5.26 Å². The first-order valence-corrected chi connectivity index (χ1v) is 7.08. The fourth-order valence-electron chi connectivity index (χ4n) is 2.16. The molecule has 0 atom stereocenters. The van der Waals surface area contributed by atoms with Crippen LogP contribution in [-0.2, 0) is 6.54 Å². The van der Waals surface area contributed by atoms with E-state index in [1.165, 1.54) is 12.3 Å². The van der Waals surface area contributed by atoms with Gasteiger partial charge in [0, 0.05) is 5.39 Å². The van der Waals surface area contributed by atoms with Gasteiger partial charge in [-0.15, -0.1) is 0 Å². The van der Waals surface area contributed by atoms with Crippen molar-refractivity contribution >= 4 is 16.7 Å². The Kier molecular flexibility index (Phi) is 4.47. The Bertz CT molecular complexity index is 891. The van der Waals surface area contributed by atoms with Crippen LogP contribution < -0.4 is 10.1 Å². The molecule has 24 heavy (non-hydrogen) atoms. The molecule has 0 bridgehead atoms. The maximum Gasteiger partial charge on any atom is 0.387 e. The van der Waals surface area contributed by atoms with Crippen LogP contribution in [0.15, 0.2) is 48.7 Å². The molecule has 0 aliphatic rings. The van der Waals surface area contributed by atoms with E-state index >= 15 is 0 Å². The summed E-state index contributed by atoms with van der Waals surface area (Å²) in [7, 11) is 0. The number of rotatable bonds is 5. The Morgan fingerprint density at radius 3 is 2.75 bits per heavy atom. The molecule has 0 unspecified atom stereocenters. The van der Waals surface area contributed by atoms with Gasteiger partial charge in [0.05, 0.1) is 35.6 Å². The Labute approximate surface area is 136 Å². The quantitative estimate of drug-likeness (QED) is 0.774. The van der Waals surface area contributed by atoms with Crippen molar-refractivity contribution in [3.05, 3.63) is 59.9 Å². The van der Waals surface area contributed by atoms with Gasteiger partial charge in [-0.25, -0.2) is 4.98 Å². The first kappa shape index (κ1) is 15.6. The molecule has 0 saturated heterocycles. The third-order valence-corrected chi connectivity index (χ3v) is 3.29. The van der Waals surface area contributed by atoms with Gasteiger partial charge in [-0.2, -0.15) is 14.0 Å². The zero-order valence-corrected chi connectivity index (χ0v) is 12.4. The van der Waals surface area contributed by atoms with E-state index in [2.05, 4.69) is 26.1 Å². The lowest BCUT2D eigenvalue weighted by Gasteiger charge is -2.08. The molecule has 5 nitrogen and oxygen atoms in total. The molecule has 0 aliphatic carbocycles. The summed E-state index contributed by atoms with van der Waals surface area (Å²) in [5, 5.41) is 12.9. The molecule has 1 N–H and O–H groups in total. The lowest BCUT2D eigenvalue weighted by atomic mass is 10.1. The minimum absolute atomic E-state index is 0.0193. The highest BCUT2D eigenvalue weighted by molar-refractivity contribution is 5.81. The van der Waals surface area contributed by atoms with E-state index in [1.807, 2.05) is 6.07 Å². The SMILES string of the molecule is N#Cc1ccc2nc(NCc3ccc(OC(F)F)cn3)ccc2c1. The van der Waals surface area contributed by atoms with Crippen molar-refractivity contribution in [2.45, 2.75) is 13.2 Å². The molecule has 0 spiro atoms. The van der Waals surface area contributed by atoms with E-state index < -0.39 is 6.61 Å². The van der Waals surface area contributed by atoms with E-state index in [0.29, 0.717) is 23.6 Å². The molecule has 1 aromatic carbocycles. The Morgan fingerprint density at radius 1 is 1.17 bits per heavy atom. The van der Waals surface area contributed by atoms with Gasteiger partial charge in [0.1, 0.15) is 11.6 Å². The summed E-state index contributed by atoms with van der Waals surface area (Å²) in [6.45, 7) is -2.47. The maximum atomic E-state index is 12.1. The van der Waals surface area contributed by atoms with Crippen LogP contribution in [0.25, 0.3) is 10.9 Å². The van der Waals surface area contributed by atoms with Crippen molar-refractivity contribution < 1.29 is 13.5 Å². The average molecular weight is 326 g/mol. The fraction of sp³-hybridized carbons (Fsp3) is 0.118. The number of nitriles is 1. The second-order valence-corrected chi connectivity index (χ2v) is 4.93. The summed E-state index contributed by atoms with van der Waals surface area (Å²) in [5.74, 6) is 0.674. The Hall–Kier alpha value is -3.27. The fourth-order valence-corrected chi connectivity index (χ4v) is 2.16. The number of pyridine rings is 2. The van der Waals surface area contributed by atoms with E-state index in [1.54, 1.807) is 30.3 Å². The molecule has 0 amide bonds. The lowest BCUT2D eigenvalue weighted by molar-refractivity contribution is -0.0500. The van der Waals surface area contributed by atoms with E-state index in [0.717, 1.165) is 10.9 Å². The van der Waals surface area contributed by atoms with Crippen LogP contribution >= 0.6 is 0 Å². The number of nitrogens with one attached hydrogen (secondary N) is 1. The molecular formula is C17H12F2N4O. The van der Waals surface area contributed by atoms with Crippen LogP contribution in [0.2, 0.25) is 0 Å². The summed E-state index contributed by atoms with van der Waals surface area (Å²) in [6.07, 6.45) is 1.25. The second kappa shape index (κ2) is 6.87. The largest absolute Gasteiger partial charge is 0.433 e. The molecule has 120 valence electrons. The van der Waals surface area contributed by atoms with Gasteiger partial charge in [0.25, 0.3) is 0 Å². The molecule has 2 heterocycles. The number of hydrogen-bond donors (Lipinski definition) is 1. The summed E-state index contributed by atoms with van der Waals surface area (Å²) in [4.78, 5) is 8.50. The number of ether oxygens (including phenoxy) is 1. The third-order valence-electron chi connectivity index (χ3n) is 3.29. The number of nitrogens with zero attached hydrogens (tertiary/aromatic N) is 3. The minimum atomic E-state index is -2.86. The minimum Gasteiger partial charge on any atom is -0.433 e. The molecule has 3 rings (SSSR count). The lowest BCUT2D eigenvalue weighted by Crippen LogP contribution is -2.05. The zero-order valence-electron chi connectivity index (χ0n) is 12.4. The van der Waals surface area contributed by atoms with Gasteiger partial charge in [-0.05, 0) is 42.5 Å². The number of hydrogen-bond acceptors (Lipinski definition) is 5. The highest BCUT2D eigenvalue weighted by Gasteiger charge is 2.05. The van der Waals surface area contributed by atoms with Crippen LogP contribution in [0.4, 0.5) is 14.6 Å². The molecule has 2 aromatic heterocycles. The monoisotopic (exact) mass is 326 g/mol. The summed E-state index contributed by atoms with van der Waals surface area (Å²) >= 11 is 0. The Morgan fingerprint density at radius 2 is 2.04 bits per heavy atom. The molecular weight excluding hydrogens is 314 g/mol. The summed E-state index contributed by atoms with van der Waals surface area (Å²) < 4.78 is 28.4. The number of fused-ring (bicyclic) bond motifs is 1. The molecule has 0 fully saturated rings. The van der Waals surface area contributed by atoms with E-state index in [-0.39, 0.29) is 5.75 Å². The predicted octanol–water partition coefficient (Wildman–Crippen LogP) is 3.71. The number of anilines is 1. The van der Waals surface area contributed by atoms with Crippen LogP contribution in [0.3, 0.4) is 0 Å². The smallest absolute Gasteiger partial charge is 0.387 e. The molecule has 0 aliphatic heterocycles. The van der Waals surface area contributed by atoms with Crippen molar-refractivity contribution in [1.82, 2.24) is 9.97 Å². The molecule has 0 radical (unpaired) electrons. The highest BCUT2D eigenvalue weighted by Crippen LogP contribution is 2.18. The van der Waals surface area contributed by atoms with Gasteiger partial charge >= 0.3 is 6.61 Å². The molecule has 3 aromatic rings. The highest BCUT2D eigenvalue weighted by atomic mass is 19.3. The van der Waals surface area contributed by atoms with Crippen molar-refractivity contribution in [3.8, 4) is 11.8 Å². The number of aromatic nitrogens is 2. The first-order chi connectivity index (χ1) is 11.6. The summed E-state index contributed by atoms with van der Waals surface area (Å²) in [5.41, 5.74) is 2.02. The zero-order chi connectivity index (χ0) is 16.9. The normalized spacial score (nSPS) is 10.6. The number of benzene rings is 1. The van der Waals surface area contributed by atoms with E-state index in [9.17, 15) is 8.78 Å². The van der Waals surface area contributed by atoms with E-state index in [4.69, 9.17) is 5.26 Å². The summed E-state index contributed by atoms with van der Waals surface area (Å²) in [6, 6.07) is 14.1. The molecule has 7 heteroatoms. The van der Waals surface area contributed by atoms with Crippen LogP contribution in [0.5, 0.6) is 5.75 Å². The van der Waals surface area contributed by atoms with Crippen molar-refractivity contribution in [2.24, 2.45) is 0 Å². The third kappa shape index (κ3) is 3.73.